The zero-order chi connectivity index (χ0) is 18.8. The molecule has 0 saturated carbocycles. The summed E-state index contributed by atoms with van der Waals surface area (Å²) >= 11 is 0. The van der Waals surface area contributed by atoms with Crippen molar-refractivity contribution in [3.8, 4) is 5.75 Å². The van der Waals surface area contributed by atoms with Gasteiger partial charge in [0.25, 0.3) is 5.91 Å². The second kappa shape index (κ2) is 7.16. The molecule has 136 valence electrons. The van der Waals surface area contributed by atoms with Crippen LogP contribution in [0.5, 0.6) is 5.75 Å². The van der Waals surface area contributed by atoms with Crippen LogP contribution in [0.2, 0.25) is 0 Å². The van der Waals surface area contributed by atoms with E-state index < -0.39 is 17.4 Å². The first-order valence-corrected chi connectivity index (χ1v) is 7.65. The van der Waals surface area contributed by atoms with E-state index in [1.807, 2.05) is 20.8 Å². The summed E-state index contributed by atoms with van der Waals surface area (Å²) in [6.45, 7) is 5.46. The van der Waals surface area contributed by atoms with Crippen LogP contribution in [0.4, 0.5) is 13.2 Å². The predicted molar refractivity (Wildman–Crippen MR) is 85.4 cm³/mol. The summed E-state index contributed by atoms with van der Waals surface area (Å²) < 4.78 is 49.0. The van der Waals surface area contributed by atoms with Gasteiger partial charge in [-0.05, 0) is 25.0 Å². The van der Waals surface area contributed by atoms with Gasteiger partial charge in [0.05, 0.1) is 5.56 Å². The number of alkyl halides is 3. The van der Waals surface area contributed by atoms with Crippen LogP contribution in [0.1, 0.15) is 26.3 Å². The quantitative estimate of drug-likeness (QED) is 0.834. The first-order valence-electron chi connectivity index (χ1n) is 7.65. The molecule has 0 radical (unpaired) electrons. The molecule has 0 fully saturated rings. The minimum atomic E-state index is -4.68. The van der Waals surface area contributed by atoms with Gasteiger partial charge in [-0.25, -0.2) is 4.79 Å². The summed E-state index contributed by atoms with van der Waals surface area (Å²) in [5.41, 5.74) is -2.44. The molecule has 1 unspecified atom stereocenters. The lowest BCUT2D eigenvalue weighted by Gasteiger charge is -2.17. The van der Waals surface area contributed by atoms with Crippen LogP contribution in [0.25, 0.3) is 11.0 Å². The Balaban J connectivity index is 2.19. The van der Waals surface area contributed by atoms with Crippen molar-refractivity contribution in [2.75, 3.05) is 6.61 Å². The van der Waals surface area contributed by atoms with E-state index in [4.69, 9.17) is 9.15 Å². The fourth-order valence-corrected chi connectivity index (χ4v) is 2.08. The maximum atomic E-state index is 13.0. The molecule has 8 heteroatoms. The van der Waals surface area contributed by atoms with Crippen molar-refractivity contribution in [2.24, 2.45) is 5.92 Å². The number of nitrogens with one attached hydrogen (secondary N) is 1. The zero-order valence-electron chi connectivity index (χ0n) is 13.9. The van der Waals surface area contributed by atoms with E-state index in [0.29, 0.717) is 6.07 Å². The Morgan fingerprint density at radius 1 is 1.24 bits per heavy atom. The minimum absolute atomic E-state index is 0.0416. The molecule has 0 aliphatic rings. The van der Waals surface area contributed by atoms with E-state index in [-0.39, 0.29) is 41.2 Å². The van der Waals surface area contributed by atoms with Crippen molar-refractivity contribution in [3.05, 3.63) is 40.2 Å². The topological polar surface area (TPSA) is 68.5 Å². The van der Waals surface area contributed by atoms with E-state index in [9.17, 15) is 22.8 Å². The Morgan fingerprint density at radius 2 is 1.92 bits per heavy atom. The number of carbonyl (C=O) groups excluding carboxylic acids is 1. The highest BCUT2D eigenvalue weighted by atomic mass is 19.4. The summed E-state index contributed by atoms with van der Waals surface area (Å²) in [6.07, 6.45) is -4.68. The van der Waals surface area contributed by atoms with Gasteiger partial charge in [-0.3, -0.25) is 4.79 Å². The average Bonchev–Trinajstić information content (AvgIpc) is 2.50. The van der Waals surface area contributed by atoms with Crippen LogP contribution in [-0.2, 0) is 11.0 Å². The van der Waals surface area contributed by atoms with Crippen LogP contribution in [-0.4, -0.2) is 18.6 Å². The highest BCUT2D eigenvalue weighted by molar-refractivity contribution is 5.82. The summed E-state index contributed by atoms with van der Waals surface area (Å²) in [4.78, 5) is 23.1. The number of hydrogen-bond donors (Lipinski definition) is 1. The van der Waals surface area contributed by atoms with Crippen LogP contribution in [0.15, 0.2) is 33.5 Å². The van der Waals surface area contributed by atoms with Gasteiger partial charge in [0.15, 0.2) is 6.61 Å². The van der Waals surface area contributed by atoms with Crippen LogP contribution >= 0.6 is 0 Å². The molecule has 0 aliphatic carbocycles. The smallest absolute Gasteiger partial charge is 0.417 e. The molecule has 1 aromatic carbocycles. The average molecular weight is 357 g/mol. The number of amides is 1. The molecule has 1 aromatic heterocycles. The second-order valence-electron chi connectivity index (χ2n) is 6.02. The third-order valence-electron chi connectivity index (χ3n) is 3.78. The first kappa shape index (κ1) is 18.8. The second-order valence-corrected chi connectivity index (χ2v) is 6.02. The van der Waals surface area contributed by atoms with Crippen LogP contribution in [0, 0.1) is 5.92 Å². The van der Waals surface area contributed by atoms with Crippen molar-refractivity contribution in [2.45, 2.75) is 33.0 Å². The molecule has 1 atom stereocenters. The molecule has 1 amide bonds. The van der Waals surface area contributed by atoms with Crippen LogP contribution in [0.3, 0.4) is 0 Å². The van der Waals surface area contributed by atoms with Gasteiger partial charge in [-0.1, -0.05) is 13.8 Å². The molecular formula is C17H18F3NO4. The number of ether oxygens (including phenoxy) is 1. The SMILES string of the molecule is CC(C)C(C)NC(=O)COc1ccc2c(C(F)(F)F)cc(=O)oc2c1. The number of rotatable bonds is 5. The Labute approximate surface area is 141 Å². The van der Waals surface area contributed by atoms with Crippen molar-refractivity contribution in [3.63, 3.8) is 0 Å². The van der Waals surface area contributed by atoms with Crippen molar-refractivity contribution in [1.29, 1.82) is 0 Å². The third-order valence-corrected chi connectivity index (χ3v) is 3.78. The van der Waals surface area contributed by atoms with Crippen molar-refractivity contribution < 1.29 is 27.1 Å². The highest BCUT2D eigenvalue weighted by Gasteiger charge is 2.33. The Morgan fingerprint density at radius 3 is 2.52 bits per heavy atom. The molecule has 0 aliphatic heterocycles. The van der Waals surface area contributed by atoms with Crippen LogP contribution < -0.4 is 15.7 Å². The van der Waals surface area contributed by atoms with E-state index >= 15 is 0 Å². The molecule has 0 spiro atoms. The maximum absolute atomic E-state index is 13.0. The lowest BCUT2D eigenvalue weighted by molar-refractivity contribution is -0.136. The number of hydrogen-bond acceptors (Lipinski definition) is 4. The van der Waals surface area contributed by atoms with Crippen molar-refractivity contribution >= 4 is 16.9 Å². The van der Waals surface area contributed by atoms with E-state index in [1.54, 1.807) is 0 Å². The summed E-state index contributed by atoms with van der Waals surface area (Å²) in [7, 11) is 0. The molecule has 25 heavy (non-hydrogen) atoms. The monoisotopic (exact) mass is 357 g/mol. The number of fused-ring (bicyclic) bond motifs is 1. The molecule has 1 heterocycles. The minimum Gasteiger partial charge on any atom is -0.484 e. The lowest BCUT2D eigenvalue weighted by atomic mass is 10.1. The molecule has 5 nitrogen and oxygen atoms in total. The molecule has 2 rings (SSSR count). The Hall–Kier alpha value is -2.51. The maximum Gasteiger partial charge on any atom is 0.417 e. The fourth-order valence-electron chi connectivity index (χ4n) is 2.08. The van der Waals surface area contributed by atoms with E-state index in [0.717, 1.165) is 12.1 Å². The molecular weight excluding hydrogens is 339 g/mol. The number of carbonyl (C=O) groups is 1. The molecule has 0 saturated heterocycles. The predicted octanol–water partition coefficient (Wildman–Crippen LogP) is 3.35. The summed E-state index contributed by atoms with van der Waals surface area (Å²) in [6, 6.07) is 3.95. The first-order chi connectivity index (χ1) is 11.6. The van der Waals surface area contributed by atoms with E-state index in [2.05, 4.69) is 5.32 Å². The zero-order valence-corrected chi connectivity index (χ0v) is 13.9. The Bertz CT molecular complexity index is 827. The van der Waals surface area contributed by atoms with Gasteiger partial charge in [0, 0.05) is 23.6 Å². The number of halogens is 3. The molecule has 1 N–H and O–H groups in total. The van der Waals surface area contributed by atoms with E-state index in [1.165, 1.54) is 6.07 Å². The standard InChI is InChI=1S/C17H18F3NO4/c1-9(2)10(3)21-15(22)8-24-11-4-5-12-13(17(18,19)20)7-16(23)25-14(12)6-11/h4-7,9-10H,8H2,1-3H3,(H,21,22). The van der Waals surface area contributed by atoms with Gasteiger partial charge in [-0.15, -0.1) is 0 Å². The fraction of sp³-hybridized carbons (Fsp3) is 0.412. The third kappa shape index (κ3) is 4.74. The number of benzene rings is 1. The van der Waals surface area contributed by atoms with Crippen molar-refractivity contribution in [1.82, 2.24) is 5.32 Å². The van der Waals surface area contributed by atoms with Gasteiger partial charge in [0.1, 0.15) is 11.3 Å². The molecule has 2 aromatic rings. The summed E-state index contributed by atoms with van der Waals surface area (Å²) in [5.74, 6) is 0.0220. The largest absolute Gasteiger partial charge is 0.484 e. The summed E-state index contributed by atoms with van der Waals surface area (Å²) in [5, 5.41) is 2.49. The van der Waals surface area contributed by atoms with Gasteiger partial charge >= 0.3 is 11.8 Å². The van der Waals surface area contributed by atoms with Gasteiger partial charge in [0.2, 0.25) is 0 Å². The Kier molecular flexibility index (Phi) is 5.39. The van der Waals surface area contributed by atoms with Gasteiger partial charge in [-0.2, -0.15) is 13.2 Å². The highest BCUT2D eigenvalue weighted by Crippen LogP contribution is 2.34. The lowest BCUT2D eigenvalue weighted by Crippen LogP contribution is -2.38. The normalized spacial score (nSPS) is 13.1. The molecule has 0 bridgehead atoms. The van der Waals surface area contributed by atoms with Gasteiger partial charge < -0.3 is 14.5 Å².